The van der Waals surface area contributed by atoms with Gasteiger partial charge in [0.15, 0.2) is 0 Å². The number of nitrogens with one attached hydrogen (secondary N) is 1. The van der Waals surface area contributed by atoms with E-state index in [1.165, 1.54) is 17.0 Å². The first-order chi connectivity index (χ1) is 18.6. The minimum atomic E-state index is -4.07. The summed E-state index contributed by atoms with van der Waals surface area (Å²) >= 11 is 2.15. The first-order valence-corrected chi connectivity index (χ1v) is 15.6. The predicted molar refractivity (Wildman–Crippen MR) is 164 cm³/mol. The van der Waals surface area contributed by atoms with Crippen molar-refractivity contribution < 1.29 is 18.0 Å². The Hall–Kier alpha value is -2.92. The number of nitrogens with zero attached hydrogens (tertiary/aromatic N) is 2. The normalized spacial score (nSPS) is 12.8. The van der Waals surface area contributed by atoms with Crippen molar-refractivity contribution in [2.75, 3.05) is 10.8 Å². The number of carbonyl (C=O) groups is 2. The van der Waals surface area contributed by atoms with Crippen molar-refractivity contribution in [2.45, 2.75) is 64.1 Å². The first kappa shape index (κ1) is 30.6. The van der Waals surface area contributed by atoms with Gasteiger partial charge in [-0.1, -0.05) is 56.3 Å². The van der Waals surface area contributed by atoms with Crippen LogP contribution in [0.4, 0.5) is 5.69 Å². The number of amides is 2. The van der Waals surface area contributed by atoms with E-state index in [1.807, 2.05) is 52.0 Å². The molecule has 0 bridgehead atoms. The van der Waals surface area contributed by atoms with Crippen molar-refractivity contribution >= 4 is 50.1 Å². The quantitative estimate of drug-likeness (QED) is 0.259. The highest BCUT2D eigenvalue weighted by Gasteiger charge is 2.34. The van der Waals surface area contributed by atoms with E-state index in [9.17, 15) is 18.0 Å². The second kappa shape index (κ2) is 13.9. The molecule has 0 unspecified atom stereocenters. The smallest absolute Gasteiger partial charge is 0.264 e. The number of carbonyl (C=O) groups excluding carboxylic acids is 2. The van der Waals surface area contributed by atoms with Crippen LogP contribution in [-0.4, -0.2) is 43.8 Å². The summed E-state index contributed by atoms with van der Waals surface area (Å²) in [4.78, 5) is 29.0. The van der Waals surface area contributed by atoms with Crippen LogP contribution in [0, 0.1) is 10.5 Å². The highest BCUT2D eigenvalue weighted by Crippen LogP contribution is 2.26. The van der Waals surface area contributed by atoms with E-state index in [-0.39, 0.29) is 23.4 Å². The molecule has 7 nitrogen and oxygen atoms in total. The van der Waals surface area contributed by atoms with E-state index in [0.29, 0.717) is 12.1 Å². The highest BCUT2D eigenvalue weighted by molar-refractivity contribution is 14.1. The highest BCUT2D eigenvalue weighted by atomic mass is 127. The van der Waals surface area contributed by atoms with Crippen LogP contribution in [0.2, 0.25) is 0 Å². The molecular weight excluding hydrogens is 625 g/mol. The van der Waals surface area contributed by atoms with Crippen LogP contribution in [0.25, 0.3) is 0 Å². The maximum absolute atomic E-state index is 14.1. The Kier molecular flexibility index (Phi) is 10.9. The van der Waals surface area contributed by atoms with E-state index in [0.717, 1.165) is 25.4 Å². The zero-order valence-electron chi connectivity index (χ0n) is 22.8. The van der Waals surface area contributed by atoms with E-state index in [1.54, 1.807) is 42.5 Å². The molecule has 39 heavy (non-hydrogen) atoms. The Bertz CT molecular complexity index is 1360. The van der Waals surface area contributed by atoms with Crippen molar-refractivity contribution in [3.8, 4) is 0 Å². The summed E-state index contributed by atoms with van der Waals surface area (Å²) in [5, 5.41) is 3.00. The minimum absolute atomic E-state index is 0.0521. The Morgan fingerprint density at radius 3 is 2.10 bits per heavy atom. The molecule has 0 aliphatic heterocycles. The summed E-state index contributed by atoms with van der Waals surface area (Å²) in [5.74, 6) is -0.706. The molecule has 3 rings (SSSR count). The number of aryl methyl sites for hydroxylation is 1. The fourth-order valence-electron chi connectivity index (χ4n) is 4.19. The van der Waals surface area contributed by atoms with Gasteiger partial charge in [-0.2, -0.15) is 0 Å². The molecule has 0 aliphatic rings. The summed E-state index contributed by atoms with van der Waals surface area (Å²) in [6.07, 6.45) is 1.14. The van der Waals surface area contributed by atoms with Gasteiger partial charge in [0.1, 0.15) is 12.6 Å². The summed E-state index contributed by atoms with van der Waals surface area (Å²) in [6, 6.07) is 21.9. The zero-order valence-corrected chi connectivity index (χ0v) is 25.8. The monoisotopic (exact) mass is 661 g/mol. The van der Waals surface area contributed by atoms with E-state index >= 15 is 0 Å². The summed E-state index contributed by atoms with van der Waals surface area (Å²) in [7, 11) is -4.07. The SMILES string of the molecule is CC[C@@H](C)NC(=O)[C@H](CC)N(Cc1ccccc1C)C(=O)CN(c1ccc(I)cc1)S(=O)(=O)c1ccccc1. The molecule has 0 aliphatic carbocycles. The first-order valence-electron chi connectivity index (χ1n) is 13.1. The summed E-state index contributed by atoms with van der Waals surface area (Å²) in [6.45, 7) is 7.45. The lowest BCUT2D eigenvalue weighted by Gasteiger charge is -2.34. The van der Waals surface area contributed by atoms with Gasteiger partial charge in [-0.25, -0.2) is 8.42 Å². The molecule has 0 fully saturated rings. The van der Waals surface area contributed by atoms with Gasteiger partial charge in [0.25, 0.3) is 10.0 Å². The van der Waals surface area contributed by atoms with Crippen LogP contribution in [0.3, 0.4) is 0 Å². The van der Waals surface area contributed by atoms with Gasteiger partial charge in [-0.3, -0.25) is 13.9 Å². The van der Waals surface area contributed by atoms with Crippen molar-refractivity contribution in [3.63, 3.8) is 0 Å². The Labute approximate surface area is 245 Å². The molecular formula is C30H36IN3O4S. The largest absolute Gasteiger partial charge is 0.352 e. The van der Waals surface area contributed by atoms with Crippen LogP contribution >= 0.6 is 22.6 Å². The molecule has 2 amide bonds. The Balaban J connectivity index is 2.05. The molecule has 0 saturated carbocycles. The van der Waals surface area contributed by atoms with Crippen LogP contribution in [0.5, 0.6) is 0 Å². The molecule has 0 radical (unpaired) electrons. The number of halogens is 1. The number of sulfonamides is 1. The second-order valence-corrected chi connectivity index (χ2v) is 12.6. The third-order valence-corrected chi connectivity index (χ3v) is 9.22. The summed E-state index contributed by atoms with van der Waals surface area (Å²) < 4.78 is 29.7. The van der Waals surface area contributed by atoms with Crippen molar-refractivity contribution in [2.24, 2.45) is 0 Å². The Morgan fingerprint density at radius 1 is 0.897 bits per heavy atom. The third kappa shape index (κ3) is 7.82. The average molecular weight is 662 g/mol. The predicted octanol–water partition coefficient (Wildman–Crippen LogP) is 5.52. The van der Waals surface area contributed by atoms with Crippen LogP contribution in [-0.2, 0) is 26.2 Å². The molecule has 0 saturated heterocycles. The molecule has 3 aromatic carbocycles. The van der Waals surface area contributed by atoms with Gasteiger partial charge in [-0.15, -0.1) is 0 Å². The number of benzene rings is 3. The molecule has 0 aromatic heterocycles. The number of hydrogen-bond acceptors (Lipinski definition) is 4. The van der Waals surface area contributed by atoms with Crippen molar-refractivity contribution in [1.29, 1.82) is 0 Å². The fourth-order valence-corrected chi connectivity index (χ4v) is 5.98. The third-order valence-electron chi connectivity index (χ3n) is 6.71. The molecule has 208 valence electrons. The minimum Gasteiger partial charge on any atom is -0.352 e. The fraction of sp³-hybridized carbons (Fsp3) is 0.333. The van der Waals surface area contributed by atoms with E-state index < -0.39 is 28.5 Å². The Morgan fingerprint density at radius 2 is 1.51 bits per heavy atom. The molecule has 9 heteroatoms. The number of rotatable bonds is 12. The molecule has 1 N–H and O–H groups in total. The number of anilines is 1. The molecule has 0 spiro atoms. The van der Waals surface area contributed by atoms with Gasteiger partial charge in [0, 0.05) is 16.2 Å². The van der Waals surface area contributed by atoms with Crippen LogP contribution < -0.4 is 9.62 Å². The van der Waals surface area contributed by atoms with Crippen LogP contribution in [0.15, 0.2) is 83.8 Å². The average Bonchev–Trinajstić information content (AvgIpc) is 2.93. The summed E-state index contributed by atoms with van der Waals surface area (Å²) in [5.41, 5.74) is 2.26. The maximum atomic E-state index is 14.1. The van der Waals surface area contributed by atoms with Crippen molar-refractivity contribution in [1.82, 2.24) is 10.2 Å². The topological polar surface area (TPSA) is 86.8 Å². The van der Waals surface area contributed by atoms with Crippen molar-refractivity contribution in [3.05, 3.63) is 93.6 Å². The van der Waals surface area contributed by atoms with Gasteiger partial charge >= 0.3 is 0 Å². The van der Waals surface area contributed by atoms with Gasteiger partial charge < -0.3 is 10.2 Å². The standard InChI is InChI=1S/C30H36IN3O4S/c1-5-23(4)32-30(36)28(6-2)33(20-24-13-11-10-12-22(24)3)29(35)21-34(26-18-16-25(31)17-19-26)39(37,38)27-14-8-7-9-15-27/h7-19,23,28H,5-6,20-21H2,1-4H3,(H,32,36)/t23-,28+/m1/s1. The lowest BCUT2D eigenvalue weighted by atomic mass is 10.1. The van der Waals surface area contributed by atoms with E-state index in [4.69, 9.17) is 0 Å². The maximum Gasteiger partial charge on any atom is 0.264 e. The van der Waals surface area contributed by atoms with Gasteiger partial charge in [0.2, 0.25) is 11.8 Å². The molecule has 0 heterocycles. The molecule has 2 atom stereocenters. The van der Waals surface area contributed by atoms with Gasteiger partial charge in [-0.05, 0) is 96.8 Å². The van der Waals surface area contributed by atoms with Gasteiger partial charge in [0.05, 0.1) is 10.6 Å². The zero-order chi connectivity index (χ0) is 28.6. The second-order valence-electron chi connectivity index (χ2n) is 9.49. The van der Waals surface area contributed by atoms with E-state index in [2.05, 4.69) is 27.9 Å². The molecule has 3 aromatic rings. The van der Waals surface area contributed by atoms with Crippen LogP contribution in [0.1, 0.15) is 44.7 Å². The lowest BCUT2D eigenvalue weighted by Crippen LogP contribution is -2.53. The number of hydrogen-bond donors (Lipinski definition) is 1. The lowest BCUT2D eigenvalue weighted by molar-refractivity contribution is -0.140.